The third-order valence-corrected chi connectivity index (χ3v) is 2.88. The van der Waals surface area contributed by atoms with Gasteiger partial charge in [-0.05, 0) is 20.3 Å². The van der Waals surface area contributed by atoms with Crippen molar-refractivity contribution in [3.8, 4) is 0 Å². The molecule has 1 heterocycles. The van der Waals surface area contributed by atoms with Crippen LogP contribution in [0.5, 0.6) is 0 Å². The van der Waals surface area contributed by atoms with Gasteiger partial charge in [0.2, 0.25) is 0 Å². The van der Waals surface area contributed by atoms with E-state index in [1.54, 1.807) is 0 Å². The van der Waals surface area contributed by atoms with Crippen LogP contribution in [-0.4, -0.2) is 47.8 Å². The zero-order valence-electron chi connectivity index (χ0n) is 9.38. The van der Waals surface area contributed by atoms with Crippen molar-refractivity contribution in [2.45, 2.75) is 50.4 Å². The fourth-order valence-electron chi connectivity index (χ4n) is 2.31. The smallest absolute Gasteiger partial charge is 0.329 e. The number of ether oxygens (including phenoxy) is 3. The number of carboxylic acid groups (broad SMARTS) is 1. The fourth-order valence-corrected chi connectivity index (χ4v) is 2.31. The molecule has 0 aromatic rings. The van der Waals surface area contributed by atoms with Gasteiger partial charge in [0.1, 0.15) is 18.8 Å². The van der Waals surface area contributed by atoms with E-state index >= 15 is 0 Å². The van der Waals surface area contributed by atoms with Crippen LogP contribution in [0.1, 0.15) is 20.3 Å². The highest BCUT2D eigenvalue weighted by atomic mass is 16.8. The number of nitrogens with two attached hydrogens (primary N) is 1. The summed E-state index contributed by atoms with van der Waals surface area (Å²) in [5.41, 5.74) is 5.91. The maximum absolute atomic E-state index is 10.4. The van der Waals surface area contributed by atoms with Crippen LogP contribution in [0.2, 0.25) is 0 Å². The molecule has 1 aliphatic carbocycles. The Morgan fingerprint density at radius 2 is 2.12 bits per heavy atom. The van der Waals surface area contributed by atoms with Gasteiger partial charge in [0.15, 0.2) is 5.79 Å². The minimum Gasteiger partial charge on any atom is -0.480 e. The first-order valence-corrected chi connectivity index (χ1v) is 5.34. The summed E-state index contributed by atoms with van der Waals surface area (Å²) in [6.45, 7) is 3.29. The molecule has 3 N–H and O–H groups in total. The summed E-state index contributed by atoms with van der Waals surface area (Å²) in [7, 11) is 0. The quantitative estimate of drug-likeness (QED) is 0.693. The predicted octanol–water partition coefficient (Wildman–Crippen LogP) is -0.293. The third-order valence-electron chi connectivity index (χ3n) is 2.88. The molecular formula is C10H17NO5. The Kier molecular flexibility index (Phi) is 2.91. The summed E-state index contributed by atoms with van der Waals surface area (Å²) in [6, 6.07) is -0.162. The number of rotatable bonds is 3. The lowest BCUT2D eigenvalue weighted by atomic mass is 10.2. The molecule has 92 valence electrons. The average Bonchev–Trinajstić information content (AvgIpc) is 2.59. The van der Waals surface area contributed by atoms with Crippen LogP contribution in [0.25, 0.3) is 0 Å². The molecule has 1 saturated carbocycles. The predicted molar refractivity (Wildman–Crippen MR) is 53.8 cm³/mol. The molecule has 16 heavy (non-hydrogen) atoms. The van der Waals surface area contributed by atoms with E-state index in [0.717, 1.165) is 0 Å². The van der Waals surface area contributed by atoms with Crippen LogP contribution < -0.4 is 5.73 Å². The third kappa shape index (κ3) is 2.20. The molecule has 0 aromatic heterocycles. The highest BCUT2D eigenvalue weighted by molar-refractivity contribution is 5.68. The summed E-state index contributed by atoms with van der Waals surface area (Å²) in [6.07, 6.45) is -0.186. The summed E-state index contributed by atoms with van der Waals surface area (Å²) >= 11 is 0. The van der Waals surface area contributed by atoms with E-state index in [1.807, 2.05) is 13.8 Å². The number of aliphatic carboxylic acids is 1. The van der Waals surface area contributed by atoms with E-state index in [1.165, 1.54) is 0 Å². The highest BCUT2D eigenvalue weighted by Gasteiger charge is 2.53. The molecule has 0 bridgehead atoms. The summed E-state index contributed by atoms with van der Waals surface area (Å²) in [5.74, 6) is -1.66. The SMILES string of the molecule is CC1(C)OC2C(N)CC(OCC(=O)O)C2O1. The standard InChI is InChI=1S/C10H17NO5/c1-10(2)15-8-5(11)3-6(9(8)16-10)14-4-7(12)13/h5-6,8-9H,3-4,11H2,1-2H3,(H,12,13). The zero-order chi connectivity index (χ0) is 11.9. The Labute approximate surface area is 93.6 Å². The summed E-state index contributed by atoms with van der Waals surface area (Å²) < 4.78 is 16.6. The molecule has 1 aliphatic heterocycles. The van der Waals surface area contributed by atoms with Crippen LogP contribution in [0.4, 0.5) is 0 Å². The maximum atomic E-state index is 10.4. The normalized spacial score (nSPS) is 40.9. The Hall–Kier alpha value is -0.690. The lowest BCUT2D eigenvalue weighted by molar-refractivity contribution is -0.170. The van der Waals surface area contributed by atoms with Gasteiger partial charge in [-0.1, -0.05) is 0 Å². The van der Waals surface area contributed by atoms with Gasteiger partial charge in [-0.15, -0.1) is 0 Å². The minimum absolute atomic E-state index is 0.162. The number of carbonyl (C=O) groups is 1. The lowest BCUT2D eigenvalue weighted by Gasteiger charge is -2.22. The Balaban J connectivity index is 1.99. The molecule has 0 radical (unpaired) electrons. The first-order valence-electron chi connectivity index (χ1n) is 5.34. The molecule has 4 atom stereocenters. The Morgan fingerprint density at radius 1 is 1.50 bits per heavy atom. The van der Waals surface area contributed by atoms with Crippen molar-refractivity contribution in [2.24, 2.45) is 5.73 Å². The monoisotopic (exact) mass is 231 g/mol. The molecule has 1 saturated heterocycles. The van der Waals surface area contributed by atoms with Crippen LogP contribution in [0.3, 0.4) is 0 Å². The van der Waals surface area contributed by atoms with E-state index in [0.29, 0.717) is 6.42 Å². The van der Waals surface area contributed by atoms with Crippen LogP contribution in [-0.2, 0) is 19.0 Å². The van der Waals surface area contributed by atoms with Crippen molar-refractivity contribution in [3.05, 3.63) is 0 Å². The van der Waals surface area contributed by atoms with Gasteiger partial charge in [-0.3, -0.25) is 0 Å². The van der Waals surface area contributed by atoms with Crippen molar-refractivity contribution in [3.63, 3.8) is 0 Å². The van der Waals surface area contributed by atoms with Crippen molar-refractivity contribution in [2.75, 3.05) is 6.61 Å². The van der Waals surface area contributed by atoms with Crippen LogP contribution in [0.15, 0.2) is 0 Å². The molecule has 2 fully saturated rings. The second-order valence-electron chi connectivity index (χ2n) is 4.71. The van der Waals surface area contributed by atoms with E-state index < -0.39 is 11.8 Å². The van der Waals surface area contributed by atoms with Gasteiger partial charge in [0, 0.05) is 6.04 Å². The summed E-state index contributed by atoms with van der Waals surface area (Å²) in [5, 5.41) is 8.55. The fraction of sp³-hybridized carbons (Fsp3) is 0.900. The molecule has 2 rings (SSSR count). The molecular weight excluding hydrogens is 214 g/mol. The minimum atomic E-state index is -0.991. The first-order chi connectivity index (χ1) is 7.39. The maximum Gasteiger partial charge on any atom is 0.329 e. The van der Waals surface area contributed by atoms with E-state index in [4.69, 9.17) is 25.1 Å². The van der Waals surface area contributed by atoms with E-state index in [-0.39, 0.29) is 31.0 Å². The van der Waals surface area contributed by atoms with Gasteiger partial charge >= 0.3 is 5.97 Å². The summed E-state index contributed by atoms with van der Waals surface area (Å²) in [4.78, 5) is 10.4. The lowest BCUT2D eigenvalue weighted by Crippen LogP contribution is -2.35. The van der Waals surface area contributed by atoms with Crippen molar-refractivity contribution in [1.29, 1.82) is 0 Å². The van der Waals surface area contributed by atoms with E-state index in [2.05, 4.69) is 0 Å². The molecule has 0 spiro atoms. The number of fused-ring (bicyclic) bond motifs is 1. The molecule has 0 aromatic carbocycles. The van der Waals surface area contributed by atoms with Crippen molar-refractivity contribution >= 4 is 5.97 Å². The molecule has 2 aliphatic rings. The van der Waals surface area contributed by atoms with Gasteiger partial charge in [0.25, 0.3) is 0 Å². The van der Waals surface area contributed by atoms with Crippen LogP contribution in [0, 0.1) is 0 Å². The van der Waals surface area contributed by atoms with Gasteiger partial charge in [0.05, 0.1) is 6.10 Å². The number of carboxylic acids is 1. The average molecular weight is 231 g/mol. The topological polar surface area (TPSA) is 91.0 Å². The number of hydrogen-bond acceptors (Lipinski definition) is 5. The first kappa shape index (κ1) is 11.8. The van der Waals surface area contributed by atoms with Gasteiger partial charge in [-0.25, -0.2) is 4.79 Å². The van der Waals surface area contributed by atoms with Crippen LogP contribution >= 0.6 is 0 Å². The Bertz CT molecular complexity index is 293. The number of hydrogen-bond donors (Lipinski definition) is 2. The second-order valence-corrected chi connectivity index (χ2v) is 4.71. The second kappa shape index (κ2) is 3.96. The van der Waals surface area contributed by atoms with Crippen molar-refractivity contribution in [1.82, 2.24) is 0 Å². The molecule has 6 nitrogen and oxygen atoms in total. The molecule has 6 heteroatoms. The zero-order valence-corrected chi connectivity index (χ0v) is 9.38. The van der Waals surface area contributed by atoms with E-state index in [9.17, 15) is 4.79 Å². The molecule has 4 unspecified atom stereocenters. The molecule has 0 amide bonds. The Morgan fingerprint density at radius 3 is 2.75 bits per heavy atom. The van der Waals surface area contributed by atoms with Crippen molar-refractivity contribution < 1.29 is 24.1 Å². The van der Waals surface area contributed by atoms with Gasteiger partial charge in [-0.2, -0.15) is 0 Å². The largest absolute Gasteiger partial charge is 0.480 e. The highest BCUT2D eigenvalue weighted by Crippen LogP contribution is 2.38. The van der Waals surface area contributed by atoms with Gasteiger partial charge < -0.3 is 25.1 Å².